The summed E-state index contributed by atoms with van der Waals surface area (Å²) in [6.45, 7) is 3.21. The molecule has 0 aliphatic heterocycles. The monoisotopic (exact) mass is 299 g/mol. The zero-order valence-electron chi connectivity index (χ0n) is 12.7. The van der Waals surface area contributed by atoms with Crippen LogP contribution in [-0.2, 0) is 11.3 Å². The van der Waals surface area contributed by atoms with Crippen LogP contribution < -0.4 is 14.8 Å². The van der Waals surface area contributed by atoms with E-state index in [4.69, 9.17) is 9.47 Å². The molecular formula is C18H21NO3. The van der Waals surface area contributed by atoms with Crippen LogP contribution in [0.15, 0.2) is 54.6 Å². The van der Waals surface area contributed by atoms with Gasteiger partial charge in [-0.1, -0.05) is 43.3 Å². The third-order valence-corrected chi connectivity index (χ3v) is 2.98. The molecule has 2 aromatic rings. The maximum atomic E-state index is 11.8. The molecule has 0 saturated heterocycles. The molecule has 1 N–H and O–H groups in total. The second kappa shape index (κ2) is 8.72. The van der Waals surface area contributed by atoms with Crippen molar-refractivity contribution in [2.75, 3.05) is 13.2 Å². The molecule has 4 heteroatoms. The van der Waals surface area contributed by atoms with Gasteiger partial charge in [-0.3, -0.25) is 4.79 Å². The van der Waals surface area contributed by atoms with Crippen molar-refractivity contribution in [1.82, 2.24) is 5.32 Å². The number of ether oxygens (including phenoxy) is 2. The van der Waals surface area contributed by atoms with Crippen molar-refractivity contribution in [1.29, 1.82) is 0 Å². The number of hydrogen-bond donors (Lipinski definition) is 1. The van der Waals surface area contributed by atoms with E-state index in [0.717, 1.165) is 17.7 Å². The SMILES string of the molecule is CCCOc1cccc(OCC(=O)NCc2ccccc2)c1. The van der Waals surface area contributed by atoms with Gasteiger partial charge in [-0.15, -0.1) is 0 Å². The Morgan fingerprint density at radius 2 is 1.73 bits per heavy atom. The number of carbonyl (C=O) groups excluding carboxylic acids is 1. The molecule has 1 amide bonds. The van der Waals surface area contributed by atoms with Crippen LogP contribution in [0.5, 0.6) is 11.5 Å². The van der Waals surface area contributed by atoms with E-state index in [1.165, 1.54) is 0 Å². The summed E-state index contributed by atoms with van der Waals surface area (Å²) in [7, 11) is 0. The average molecular weight is 299 g/mol. The fraction of sp³-hybridized carbons (Fsp3) is 0.278. The van der Waals surface area contributed by atoms with Gasteiger partial charge in [0.05, 0.1) is 6.61 Å². The molecule has 0 aliphatic carbocycles. The molecule has 0 unspecified atom stereocenters. The molecule has 0 fully saturated rings. The molecular weight excluding hydrogens is 278 g/mol. The van der Waals surface area contributed by atoms with Gasteiger partial charge < -0.3 is 14.8 Å². The van der Waals surface area contributed by atoms with Gasteiger partial charge in [0.2, 0.25) is 0 Å². The third-order valence-electron chi connectivity index (χ3n) is 2.98. The molecule has 22 heavy (non-hydrogen) atoms. The topological polar surface area (TPSA) is 47.6 Å². The van der Waals surface area contributed by atoms with E-state index in [2.05, 4.69) is 12.2 Å². The number of amides is 1. The molecule has 2 aromatic carbocycles. The molecule has 2 rings (SSSR count). The molecule has 0 saturated carbocycles. The molecule has 0 radical (unpaired) electrons. The molecule has 0 spiro atoms. The number of nitrogens with one attached hydrogen (secondary N) is 1. The van der Waals surface area contributed by atoms with Crippen molar-refractivity contribution in [3.05, 3.63) is 60.2 Å². The Morgan fingerprint density at radius 1 is 1.00 bits per heavy atom. The average Bonchev–Trinajstić information content (AvgIpc) is 2.57. The third kappa shape index (κ3) is 5.48. The summed E-state index contributed by atoms with van der Waals surface area (Å²) in [5, 5.41) is 2.82. The Morgan fingerprint density at radius 3 is 2.45 bits per heavy atom. The summed E-state index contributed by atoms with van der Waals surface area (Å²) >= 11 is 0. The standard InChI is InChI=1S/C18H21NO3/c1-2-11-21-16-9-6-10-17(12-16)22-14-18(20)19-13-15-7-4-3-5-8-15/h3-10,12H,2,11,13-14H2,1H3,(H,19,20). The zero-order valence-corrected chi connectivity index (χ0v) is 12.7. The van der Waals surface area contributed by atoms with Gasteiger partial charge in [-0.25, -0.2) is 0 Å². The Labute approximate surface area is 131 Å². The first-order valence-electron chi connectivity index (χ1n) is 7.44. The minimum absolute atomic E-state index is 0.00986. The Bertz CT molecular complexity index is 584. The molecule has 0 heterocycles. The fourth-order valence-corrected chi connectivity index (χ4v) is 1.87. The first-order valence-corrected chi connectivity index (χ1v) is 7.44. The second-order valence-electron chi connectivity index (χ2n) is 4.87. The Kier molecular flexibility index (Phi) is 6.30. The van der Waals surface area contributed by atoms with E-state index in [1.807, 2.05) is 48.5 Å². The minimum Gasteiger partial charge on any atom is -0.493 e. The van der Waals surface area contributed by atoms with Crippen molar-refractivity contribution in [2.45, 2.75) is 19.9 Å². The maximum absolute atomic E-state index is 11.8. The van der Waals surface area contributed by atoms with E-state index in [1.54, 1.807) is 6.07 Å². The van der Waals surface area contributed by atoms with Gasteiger partial charge in [0.15, 0.2) is 6.61 Å². The highest BCUT2D eigenvalue weighted by Crippen LogP contribution is 2.19. The smallest absolute Gasteiger partial charge is 0.258 e. The Balaban J connectivity index is 1.76. The molecule has 4 nitrogen and oxygen atoms in total. The van der Waals surface area contributed by atoms with Crippen molar-refractivity contribution in [3.8, 4) is 11.5 Å². The van der Waals surface area contributed by atoms with Crippen molar-refractivity contribution < 1.29 is 14.3 Å². The highest BCUT2D eigenvalue weighted by Gasteiger charge is 2.04. The van der Waals surface area contributed by atoms with E-state index in [9.17, 15) is 4.79 Å². The zero-order chi connectivity index (χ0) is 15.6. The van der Waals surface area contributed by atoms with Crippen molar-refractivity contribution in [2.24, 2.45) is 0 Å². The van der Waals surface area contributed by atoms with Crippen LogP contribution in [0.25, 0.3) is 0 Å². The molecule has 0 atom stereocenters. The van der Waals surface area contributed by atoms with E-state index in [0.29, 0.717) is 18.9 Å². The number of hydrogen-bond acceptors (Lipinski definition) is 3. The molecule has 0 bridgehead atoms. The lowest BCUT2D eigenvalue weighted by Gasteiger charge is -2.09. The van der Waals surface area contributed by atoms with Gasteiger partial charge in [-0.05, 0) is 24.1 Å². The fourth-order valence-electron chi connectivity index (χ4n) is 1.87. The van der Waals surface area contributed by atoms with Gasteiger partial charge in [0, 0.05) is 12.6 Å². The number of benzene rings is 2. The summed E-state index contributed by atoms with van der Waals surface area (Å²) in [4.78, 5) is 11.8. The van der Waals surface area contributed by atoms with Gasteiger partial charge in [0.25, 0.3) is 5.91 Å². The highest BCUT2D eigenvalue weighted by atomic mass is 16.5. The molecule has 116 valence electrons. The summed E-state index contributed by atoms with van der Waals surface area (Å²) in [6.07, 6.45) is 0.951. The van der Waals surface area contributed by atoms with Crippen LogP contribution >= 0.6 is 0 Å². The first-order chi connectivity index (χ1) is 10.8. The highest BCUT2D eigenvalue weighted by molar-refractivity contribution is 5.77. The number of carbonyl (C=O) groups is 1. The summed E-state index contributed by atoms with van der Waals surface area (Å²) in [5.74, 6) is 1.23. The van der Waals surface area contributed by atoms with Gasteiger partial charge >= 0.3 is 0 Å². The maximum Gasteiger partial charge on any atom is 0.258 e. The van der Waals surface area contributed by atoms with Crippen molar-refractivity contribution >= 4 is 5.91 Å². The summed E-state index contributed by atoms with van der Waals surface area (Å²) in [6, 6.07) is 17.1. The predicted octanol–water partition coefficient (Wildman–Crippen LogP) is 3.17. The summed E-state index contributed by atoms with van der Waals surface area (Å²) in [5.41, 5.74) is 1.06. The second-order valence-corrected chi connectivity index (χ2v) is 4.87. The van der Waals surface area contributed by atoms with Crippen LogP contribution in [-0.4, -0.2) is 19.1 Å². The molecule has 0 aliphatic rings. The van der Waals surface area contributed by atoms with Gasteiger partial charge in [0.1, 0.15) is 11.5 Å². The van der Waals surface area contributed by atoms with E-state index >= 15 is 0 Å². The van der Waals surface area contributed by atoms with E-state index in [-0.39, 0.29) is 12.5 Å². The lowest BCUT2D eigenvalue weighted by molar-refractivity contribution is -0.123. The van der Waals surface area contributed by atoms with Gasteiger partial charge in [-0.2, -0.15) is 0 Å². The van der Waals surface area contributed by atoms with Crippen LogP contribution in [0.3, 0.4) is 0 Å². The normalized spacial score (nSPS) is 10.0. The minimum atomic E-state index is -0.149. The van der Waals surface area contributed by atoms with Crippen LogP contribution in [0.4, 0.5) is 0 Å². The van der Waals surface area contributed by atoms with Crippen LogP contribution in [0.1, 0.15) is 18.9 Å². The Hall–Kier alpha value is -2.49. The molecule has 0 aromatic heterocycles. The number of rotatable bonds is 8. The van der Waals surface area contributed by atoms with Crippen molar-refractivity contribution in [3.63, 3.8) is 0 Å². The van der Waals surface area contributed by atoms with Crippen LogP contribution in [0.2, 0.25) is 0 Å². The quantitative estimate of drug-likeness (QED) is 0.814. The van der Waals surface area contributed by atoms with E-state index < -0.39 is 0 Å². The lowest BCUT2D eigenvalue weighted by Crippen LogP contribution is -2.28. The predicted molar refractivity (Wildman–Crippen MR) is 86.0 cm³/mol. The largest absolute Gasteiger partial charge is 0.493 e. The lowest BCUT2D eigenvalue weighted by atomic mass is 10.2. The first kappa shape index (κ1) is 15.9. The summed E-state index contributed by atoms with van der Waals surface area (Å²) < 4.78 is 11.0. The van der Waals surface area contributed by atoms with Crippen LogP contribution in [0, 0.1) is 0 Å².